The van der Waals surface area contributed by atoms with Crippen LogP contribution in [0.15, 0.2) is 72.3 Å². The van der Waals surface area contributed by atoms with Crippen LogP contribution in [0.5, 0.6) is 5.75 Å². The zero-order chi connectivity index (χ0) is 31.2. The van der Waals surface area contributed by atoms with Crippen molar-refractivity contribution in [2.24, 2.45) is 10.2 Å². The standard InChI is InChI=1S/C18H16N2O16S5/c21-18-13-3-1-12(38(24,25)26)7-10(13)8-16(40(30,31)32)17(18)20-19-14-9-11(2-4-15(14)39(27,28)29)37(22,23)6-5-36-41(33,34)35/h1-4,7-9,21H,5-6H2,(H,24,25,26)(H,27,28,29)(H,30,31,32)(H,33,34,35)/b20-19+. The first-order valence-electron chi connectivity index (χ1n) is 10.1. The zero-order valence-corrected chi connectivity index (χ0v) is 23.7. The van der Waals surface area contributed by atoms with Gasteiger partial charge in [0.2, 0.25) is 0 Å². The summed E-state index contributed by atoms with van der Waals surface area (Å²) in [4.78, 5) is -3.68. The third-order valence-electron chi connectivity index (χ3n) is 5.01. The molecule has 5 N–H and O–H groups in total. The Balaban J connectivity index is 2.23. The van der Waals surface area contributed by atoms with Gasteiger partial charge in [-0.2, -0.15) is 33.7 Å². The minimum Gasteiger partial charge on any atom is -0.505 e. The number of phenolic OH excluding ortho intramolecular Hbond substituents is 1. The van der Waals surface area contributed by atoms with Gasteiger partial charge < -0.3 is 5.11 Å². The van der Waals surface area contributed by atoms with Crippen molar-refractivity contribution in [3.63, 3.8) is 0 Å². The molecule has 18 nitrogen and oxygen atoms in total. The van der Waals surface area contributed by atoms with Gasteiger partial charge in [0, 0.05) is 5.39 Å². The maximum atomic E-state index is 12.5. The van der Waals surface area contributed by atoms with Crippen molar-refractivity contribution in [2.75, 3.05) is 12.4 Å². The highest BCUT2D eigenvalue weighted by molar-refractivity contribution is 7.91. The van der Waals surface area contributed by atoms with Crippen molar-refractivity contribution in [3.8, 4) is 5.75 Å². The van der Waals surface area contributed by atoms with Crippen LogP contribution in [0.2, 0.25) is 0 Å². The number of benzene rings is 3. The maximum absolute atomic E-state index is 12.5. The predicted molar refractivity (Wildman–Crippen MR) is 135 cm³/mol. The number of aromatic hydroxyl groups is 1. The summed E-state index contributed by atoms with van der Waals surface area (Å²) in [5.41, 5.74) is -1.97. The lowest BCUT2D eigenvalue weighted by Gasteiger charge is -2.10. The Morgan fingerprint density at radius 2 is 1.24 bits per heavy atom. The third-order valence-corrected chi connectivity index (χ3v) is 9.77. The lowest BCUT2D eigenvalue weighted by molar-refractivity contribution is 0.284. The van der Waals surface area contributed by atoms with Gasteiger partial charge in [0.05, 0.1) is 22.2 Å². The van der Waals surface area contributed by atoms with Crippen molar-refractivity contribution < 1.29 is 69.6 Å². The molecule has 0 spiro atoms. The molecule has 0 radical (unpaired) electrons. The molecule has 3 rings (SSSR count). The number of hydrogen-bond acceptors (Lipinski definition) is 14. The molecular formula is C18H16N2O16S5. The van der Waals surface area contributed by atoms with E-state index in [0.29, 0.717) is 24.3 Å². The highest BCUT2D eigenvalue weighted by Gasteiger charge is 2.25. The van der Waals surface area contributed by atoms with E-state index >= 15 is 0 Å². The number of phenols is 1. The van der Waals surface area contributed by atoms with Crippen molar-refractivity contribution >= 4 is 72.7 Å². The van der Waals surface area contributed by atoms with Crippen LogP contribution < -0.4 is 0 Å². The largest absolute Gasteiger partial charge is 0.505 e. The first-order chi connectivity index (χ1) is 18.5. The second kappa shape index (κ2) is 10.9. The molecular weight excluding hydrogens is 661 g/mol. The van der Waals surface area contributed by atoms with E-state index in [4.69, 9.17) is 4.55 Å². The average molecular weight is 677 g/mol. The number of hydrogen-bond donors (Lipinski definition) is 5. The number of rotatable bonds is 10. The number of nitrogens with zero attached hydrogens (tertiary/aromatic N) is 2. The van der Waals surface area contributed by atoms with Crippen LogP contribution in [0.4, 0.5) is 11.4 Å². The molecule has 0 bridgehead atoms. The summed E-state index contributed by atoms with van der Waals surface area (Å²) in [5.74, 6) is -2.10. The fourth-order valence-corrected chi connectivity index (χ4v) is 6.52. The van der Waals surface area contributed by atoms with Gasteiger partial charge in [0.15, 0.2) is 15.6 Å². The fourth-order valence-electron chi connectivity index (χ4n) is 3.24. The quantitative estimate of drug-likeness (QED) is 0.149. The molecule has 0 saturated carbocycles. The summed E-state index contributed by atoms with van der Waals surface area (Å²) < 4.78 is 158. The van der Waals surface area contributed by atoms with Gasteiger partial charge in [-0.05, 0) is 47.9 Å². The van der Waals surface area contributed by atoms with Gasteiger partial charge in [-0.1, -0.05) is 0 Å². The molecule has 0 fully saturated rings. The van der Waals surface area contributed by atoms with Crippen LogP contribution in [-0.2, 0) is 54.8 Å². The second-order valence-corrected chi connectivity index (χ2v) is 15.2. The van der Waals surface area contributed by atoms with Crippen LogP contribution in [0, 0.1) is 0 Å². The SMILES string of the molecule is O=S(=O)(O)OCCS(=O)(=O)c1ccc(S(=O)(=O)O)c(/N=N/c2c(S(=O)(=O)O)cc3cc(S(=O)(=O)O)ccc3c2O)c1. The van der Waals surface area contributed by atoms with Crippen LogP contribution in [0.1, 0.15) is 0 Å². The Labute approximate surface area is 232 Å². The highest BCUT2D eigenvalue weighted by atomic mass is 32.3. The summed E-state index contributed by atoms with van der Waals surface area (Å²) in [6, 6.07) is 4.88. The summed E-state index contributed by atoms with van der Waals surface area (Å²) in [5, 5.41) is 16.9. The molecule has 23 heteroatoms. The molecule has 3 aromatic rings. The fraction of sp³-hybridized carbons (Fsp3) is 0.111. The van der Waals surface area contributed by atoms with Gasteiger partial charge in [0.25, 0.3) is 30.4 Å². The van der Waals surface area contributed by atoms with E-state index < -0.39 is 99.7 Å². The molecule has 0 heterocycles. The van der Waals surface area contributed by atoms with Crippen LogP contribution in [-0.4, -0.2) is 77.8 Å². The zero-order valence-electron chi connectivity index (χ0n) is 19.6. The van der Waals surface area contributed by atoms with E-state index in [1.807, 2.05) is 0 Å². The molecule has 0 aliphatic heterocycles. The molecule has 0 amide bonds. The summed E-state index contributed by atoms with van der Waals surface area (Å²) in [6.07, 6.45) is 0. The third kappa shape index (κ3) is 7.79. The molecule has 224 valence electrons. The number of azo groups is 1. The normalized spacial score (nSPS) is 13.7. The van der Waals surface area contributed by atoms with Gasteiger partial charge in [-0.25, -0.2) is 12.6 Å². The van der Waals surface area contributed by atoms with Crippen LogP contribution >= 0.6 is 0 Å². The Hall–Kier alpha value is -3.13. The molecule has 0 atom stereocenters. The Bertz CT molecular complexity index is 2140. The van der Waals surface area contributed by atoms with Gasteiger partial charge in [0.1, 0.15) is 21.2 Å². The van der Waals surface area contributed by atoms with E-state index in [9.17, 15) is 60.9 Å². The molecule has 0 aromatic heterocycles. The minimum absolute atomic E-state index is 0.288. The molecule has 41 heavy (non-hydrogen) atoms. The Morgan fingerprint density at radius 1 is 0.659 bits per heavy atom. The molecule has 0 aliphatic carbocycles. The van der Waals surface area contributed by atoms with E-state index in [2.05, 4.69) is 14.4 Å². The summed E-state index contributed by atoms with van der Waals surface area (Å²) in [7, 11) is -24.6. The lowest BCUT2D eigenvalue weighted by atomic mass is 10.1. The van der Waals surface area contributed by atoms with Crippen molar-refractivity contribution in [1.29, 1.82) is 0 Å². The topological polar surface area (TPSA) is 306 Å². The van der Waals surface area contributed by atoms with Crippen LogP contribution in [0.3, 0.4) is 0 Å². The van der Waals surface area contributed by atoms with E-state index in [1.54, 1.807) is 0 Å². The number of sulfone groups is 1. The van der Waals surface area contributed by atoms with E-state index in [1.165, 1.54) is 0 Å². The van der Waals surface area contributed by atoms with Crippen LogP contribution in [0.25, 0.3) is 10.8 Å². The Kier molecular flexibility index (Phi) is 8.64. The monoisotopic (exact) mass is 676 g/mol. The summed E-state index contributed by atoms with van der Waals surface area (Å²) in [6.45, 7) is -1.06. The van der Waals surface area contributed by atoms with E-state index in [-0.39, 0.29) is 10.8 Å². The van der Waals surface area contributed by atoms with Gasteiger partial charge in [-0.15, -0.1) is 10.2 Å². The van der Waals surface area contributed by atoms with Crippen molar-refractivity contribution in [3.05, 3.63) is 42.5 Å². The first kappa shape index (κ1) is 32.4. The summed E-state index contributed by atoms with van der Waals surface area (Å²) >= 11 is 0. The smallest absolute Gasteiger partial charge is 0.397 e. The maximum Gasteiger partial charge on any atom is 0.397 e. The van der Waals surface area contributed by atoms with Crippen molar-refractivity contribution in [2.45, 2.75) is 19.6 Å². The number of fused-ring (bicyclic) bond motifs is 1. The van der Waals surface area contributed by atoms with Crippen molar-refractivity contribution in [1.82, 2.24) is 0 Å². The minimum atomic E-state index is -5.27. The molecule has 3 aromatic carbocycles. The average Bonchev–Trinajstić information content (AvgIpc) is 2.80. The van der Waals surface area contributed by atoms with Gasteiger partial charge >= 0.3 is 10.4 Å². The second-order valence-electron chi connectivity index (χ2n) is 7.78. The Morgan fingerprint density at radius 3 is 1.78 bits per heavy atom. The molecule has 0 unspecified atom stereocenters. The highest BCUT2D eigenvalue weighted by Crippen LogP contribution is 2.42. The molecule has 0 aliphatic rings. The first-order valence-corrected chi connectivity index (χ1v) is 17.5. The van der Waals surface area contributed by atoms with E-state index in [0.717, 1.165) is 18.2 Å². The predicted octanol–water partition coefficient (Wildman–Crippen LogP) is 1.29. The lowest BCUT2D eigenvalue weighted by Crippen LogP contribution is -2.15. The molecule has 0 saturated heterocycles. The van der Waals surface area contributed by atoms with Gasteiger partial charge in [-0.3, -0.25) is 18.2 Å².